The standard InChI is InChI=1S/C26H30N2O2S2/c1-20(21-12-6-4-7-13-21)18-25(31)30-17-11-3-2-10-16-24(29)28-26-27-23(19-32-26)22-14-8-5-9-15-22/h4-9,12-15,19-20H,2-3,10-11,16-18H2,1H3,(H,27,28,29). The number of carbonyl (C=O) groups excluding carboxylic acids is 1. The number of aromatic nitrogens is 1. The van der Waals surface area contributed by atoms with Crippen LogP contribution in [0.15, 0.2) is 66.0 Å². The Morgan fingerprint density at radius 1 is 1.03 bits per heavy atom. The Morgan fingerprint density at radius 3 is 2.47 bits per heavy atom. The van der Waals surface area contributed by atoms with Crippen LogP contribution in [0.25, 0.3) is 11.3 Å². The van der Waals surface area contributed by atoms with E-state index >= 15 is 0 Å². The van der Waals surface area contributed by atoms with Gasteiger partial charge in [0.05, 0.1) is 12.3 Å². The van der Waals surface area contributed by atoms with Gasteiger partial charge in [0.1, 0.15) is 0 Å². The van der Waals surface area contributed by atoms with Crippen molar-refractivity contribution in [1.82, 2.24) is 4.98 Å². The van der Waals surface area contributed by atoms with Crippen LogP contribution in [-0.2, 0) is 9.53 Å². The number of hydrogen-bond acceptors (Lipinski definition) is 5. The van der Waals surface area contributed by atoms with Crippen LogP contribution in [0.4, 0.5) is 5.13 Å². The molecule has 0 aliphatic carbocycles. The third kappa shape index (κ3) is 8.17. The highest BCUT2D eigenvalue weighted by molar-refractivity contribution is 7.80. The highest BCUT2D eigenvalue weighted by Crippen LogP contribution is 2.25. The molecule has 3 rings (SSSR count). The smallest absolute Gasteiger partial charge is 0.226 e. The lowest BCUT2D eigenvalue weighted by molar-refractivity contribution is -0.116. The molecule has 168 valence electrons. The van der Waals surface area contributed by atoms with Gasteiger partial charge in [-0.05, 0) is 36.5 Å². The van der Waals surface area contributed by atoms with Crippen LogP contribution >= 0.6 is 23.6 Å². The molecule has 2 aromatic carbocycles. The fourth-order valence-electron chi connectivity index (χ4n) is 3.39. The van der Waals surface area contributed by atoms with Crippen LogP contribution in [0, 0.1) is 0 Å². The Kier molecular flexibility index (Phi) is 9.85. The predicted octanol–water partition coefficient (Wildman–Crippen LogP) is 7.24. The van der Waals surface area contributed by atoms with E-state index in [-0.39, 0.29) is 5.91 Å². The largest absolute Gasteiger partial charge is 0.487 e. The Morgan fingerprint density at radius 2 is 1.72 bits per heavy atom. The van der Waals surface area contributed by atoms with E-state index in [2.05, 4.69) is 41.5 Å². The maximum absolute atomic E-state index is 12.2. The maximum atomic E-state index is 12.2. The van der Waals surface area contributed by atoms with E-state index in [1.807, 2.05) is 41.8 Å². The van der Waals surface area contributed by atoms with E-state index in [0.29, 0.717) is 29.1 Å². The number of anilines is 1. The van der Waals surface area contributed by atoms with Gasteiger partial charge in [-0.2, -0.15) is 0 Å². The van der Waals surface area contributed by atoms with Crippen molar-refractivity contribution in [3.63, 3.8) is 0 Å². The summed E-state index contributed by atoms with van der Waals surface area (Å²) in [6.07, 6.45) is 5.11. The van der Waals surface area contributed by atoms with Crippen LogP contribution in [0.1, 0.15) is 56.9 Å². The molecule has 4 nitrogen and oxygen atoms in total. The van der Waals surface area contributed by atoms with E-state index in [4.69, 9.17) is 17.0 Å². The molecule has 1 N–H and O–H groups in total. The molecule has 0 fully saturated rings. The number of thiocarbonyl (C=S) groups is 1. The number of nitrogens with one attached hydrogen (secondary N) is 1. The summed E-state index contributed by atoms with van der Waals surface area (Å²) in [6.45, 7) is 2.82. The third-order valence-electron chi connectivity index (χ3n) is 5.22. The Hall–Kier alpha value is -2.57. The second-order valence-corrected chi connectivity index (χ2v) is 9.17. The van der Waals surface area contributed by atoms with Crippen molar-refractivity contribution in [2.24, 2.45) is 0 Å². The summed E-state index contributed by atoms with van der Waals surface area (Å²) >= 11 is 6.84. The zero-order chi connectivity index (χ0) is 22.6. The first-order chi connectivity index (χ1) is 15.6. The van der Waals surface area contributed by atoms with Gasteiger partial charge in [-0.3, -0.25) is 4.79 Å². The van der Waals surface area contributed by atoms with Gasteiger partial charge in [0.15, 0.2) is 10.2 Å². The lowest BCUT2D eigenvalue weighted by atomic mass is 9.98. The molecule has 6 heteroatoms. The molecule has 1 atom stereocenters. The average molecular weight is 467 g/mol. The van der Waals surface area contributed by atoms with E-state index in [1.54, 1.807) is 0 Å². The second-order valence-electron chi connectivity index (χ2n) is 7.85. The van der Waals surface area contributed by atoms with Crippen molar-refractivity contribution >= 4 is 39.6 Å². The Labute approximate surface area is 200 Å². The normalized spacial score (nSPS) is 11.7. The highest BCUT2D eigenvalue weighted by atomic mass is 32.1. The third-order valence-corrected chi connectivity index (χ3v) is 6.27. The zero-order valence-corrected chi connectivity index (χ0v) is 20.1. The summed E-state index contributed by atoms with van der Waals surface area (Å²) in [7, 11) is 0. The first kappa shape index (κ1) is 24.1. The van der Waals surface area contributed by atoms with Crippen molar-refractivity contribution in [3.8, 4) is 11.3 Å². The number of rotatable bonds is 12. The maximum Gasteiger partial charge on any atom is 0.226 e. The number of hydrogen-bond donors (Lipinski definition) is 1. The molecule has 0 radical (unpaired) electrons. The first-order valence-corrected chi connectivity index (χ1v) is 12.4. The minimum absolute atomic E-state index is 0.0197. The van der Waals surface area contributed by atoms with Crippen LogP contribution in [0.3, 0.4) is 0 Å². The molecule has 32 heavy (non-hydrogen) atoms. The fraction of sp³-hybridized carbons (Fsp3) is 0.346. The van der Waals surface area contributed by atoms with Gasteiger partial charge < -0.3 is 10.1 Å². The van der Waals surface area contributed by atoms with Gasteiger partial charge >= 0.3 is 0 Å². The Bertz CT molecular complexity index is 974. The zero-order valence-electron chi connectivity index (χ0n) is 18.5. The molecular weight excluding hydrogens is 436 g/mol. The molecule has 3 aromatic rings. The van der Waals surface area contributed by atoms with Gasteiger partial charge in [0.2, 0.25) is 5.91 Å². The number of carbonyl (C=O) groups is 1. The van der Waals surface area contributed by atoms with E-state index in [0.717, 1.165) is 43.4 Å². The summed E-state index contributed by atoms with van der Waals surface area (Å²) in [5.74, 6) is 0.384. The Balaban J connectivity index is 1.23. The topological polar surface area (TPSA) is 51.2 Å². The van der Waals surface area contributed by atoms with Crippen LogP contribution in [-0.4, -0.2) is 22.5 Å². The van der Waals surface area contributed by atoms with Crippen LogP contribution < -0.4 is 5.32 Å². The van der Waals surface area contributed by atoms with Crippen molar-refractivity contribution in [3.05, 3.63) is 71.6 Å². The van der Waals surface area contributed by atoms with E-state index < -0.39 is 0 Å². The quantitative estimate of drug-likeness (QED) is 0.226. The first-order valence-electron chi connectivity index (χ1n) is 11.1. The second kappa shape index (κ2) is 13.1. The molecule has 0 bridgehead atoms. The molecule has 1 heterocycles. The summed E-state index contributed by atoms with van der Waals surface area (Å²) in [5, 5.41) is 6.21. The predicted molar refractivity (Wildman–Crippen MR) is 137 cm³/mol. The molecule has 0 saturated carbocycles. The van der Waals surface area contributed by atoms with Crippen molar-refractivity contribution in [2.45, 2.75) is 51.4 Å². The number of thiazole rings is 1. The minimum atomic E-state index is 0.0197. The van der Waals surface area contributed by atoms with Gasteiger partial charge in [-0.25, -0.2) is 4.98 Å². The average Bonchev–Trinajstić information content (AvgIpc) is 3.28. The van der Waals surface area contributed by atoms with Gasteiger partial charge in [0.25, 0.3) is 0 Å². The summed E-state index contributed by atoms with van der Waals surface area (Å²) in [5.41, 5.74) is 3.23. The molecule has 0 aliphatic rings. The van der Waals surface area contributed by atoms with Crippen molar-refractivity contribution in [2.75, 3.05) is 11.9 Å². The summed E-state index contributed by atoms with van der Waals surface area (Å²) in [6, 6.07) is 20.3. The molecule has 1 amide bonds. The van der Waals surface area contributed by atoms with Crippen molar-refractivity contribution < 1.29 is 9.53 Å². The lowest BCUT2D eigenvalue weighted by Gasteiger charge is -2.13. The number of unbranched alkanes of at least 4 members (excludes halogenated alkanes) is 3. The SMILES string of the molecule is CC(CC(=S)OCCCCCCC(=O)Nc1nc(-c2ccccc2)cs1)c1ccccc1. The van der Waals surface area contributed by atoms with Gasteiger partial charge in [-0.15, -0.1) is 11.3 Å². The van der Waals surface area contributed by atoms with Gasteiger partial charge in [0, 0.05) is 23.8 Å². The molecular formula is C26H30N2O2S2. The number of benzene rings is 2. The van der Waals surface area contributed by atoms with Crippen LogP contribution in [0.5, 0.6) is 0 Å². The number of nitrogens with zero attached hydrogens (tertiary/aromatic N) is 1. The van der Waals surface area contributed by atoms with Crippen molar-refractivity contribution in [1.29, 1.82) is 0 Å². The van der Waals surface area contributed by atoms with E-state index in [1.165, 1.54) is 16.9 Å². The monoisotopic (exact) mass is 466 g/mol. The highest BCUT2D eigenvalue weighted by Gasteiger charge is 2.10. The van der Waals surface area contributed by atoms with E-state index in [9.17, 15) is 4.79 Å². The molecule has 0 saturated heterocycles. The molecule has 1 unspecified atom stereocenters. The molecule has 0 spiro atoms. The lowest BCUT2D eigenvalue weighted by Crippen LogP contribution is -2.11. The van der Waals surface area contributed by atoms with Crippen LogP contribution in [0.2, 0.25) is 0 Å². The number of amides is 1. The summed E-state index contributed by atoms with van der Waals surface area (Å²) < 4.78 is 5.72. The minimum Gasteiger partial charge on any atom is -0.487 e. The van der Waals surface area contributed by atoms with Gasteiger partial charge in [-0.1, -0.05) is 80.4 Å². The fourth-order valence-corrected chi connectivity index (χ4v) is 4.46. The molecule has 0 aliphatic heterocycles. The molecule has 1 aromatic heterocycles. The number of ether oxygens (including phenoxy) is 1. The summed E-state index contributed by atoms with van der Waals surface area (Å²) in [4.78, 5) is 16.7.